The van der Waals surface area contributed by atoms with Crippen LogP contribution in [0.4, 0.5) is 0 Å². The number of rotatable bonds is 7. The number of nitrogens with zero attached hydrogens (tertiary/aromatic N) is 1. The number of allylic oxidation sites excluding steroid dienone is 1. The van der Waals surface area contributed by atoms with E-state index >= 15 is 0 Å². The normalized spacial score (nSPS) is 28.9. The van der Waals surface area contributed by atoms with Crippen LogP contribution in [0.2, 0.25) is 0 Å². The lowest BCUT2D eigenvalue weighted by Gasteiger charge is -2.34. The Morgan fingerprint density at radius 1 is 1.67 bits per heavy atom. The molecule has 2 atom stereocenters. The minimum Gasteiger partial charge on any atom is -0.359 e. The molecule has 4 heteroatoms. The van der Waals surface area contributed by atoms with Crippen LogP contribution in [0, 0.1) is 0 Å². The molecule has 2 bridgehead atoms. The summed E-state index contributed by atoms with van der Waals surface area (Å²) in [5, 5.41) is 0. The molecule has 0 spiro atoms. The maximum absolute atomic E-state index is 12.3. The predicted molar refractivity (Wildman–Crippen MR) is 69.0 cm³/mol. The molecule has 1 amide bonds. The van der Waals surface area contributed by atoms with Crippen molar-refractivity contribution in [3.05, 3.63) is 24.8 Å². The molecule has 100 valence electrons. The third kappa shape index (κ3) is 2.35. The van der Waals surface area contributed by atoms with Crippen LogP contribution in [0.25, 0.3) is 0 Å². The zero-order valence-corrected chi connectivity index (χ0v) is 10.9. The highest BCUT2D eigenvalue weighted by molar-refractivity contribution is 5.79. The van der Waals surface area contributed by atoms with Gasteiger partial charge in [0.25, 0.3) is 0 Å². The maximum Gasteiger partial charge on any atom is 0.224 e. The van der Waals surface area contributed by atoms with Crippen molar-refractivity contribution >= 4 is 5.91 Å². The summed E-state index contributed by atoms with van der Waals surface area (Å²) in [5.41, 5.74) is -0.235. The largest absolute Gasteiger partial charge is 0.359 e. The fourth-order valence-corrected chi connectivity index (χ4v) is 2.88. The molecule has 1 saturated heterocycles. The number of carbonyl (C=O) groups excluding carboxylic acids is 1. The summed E-state index contributed by atoms with van der Waals surface area (Å²) in [7, 11) is 1.60. The standard InChI is InChI=1S/C14H21NO3/c1-3-4-5-13(16)15-12-6-8-14(15,9-7-12)10-18-11-17-2/h3,6,8,12H,1,4-5,7,9-11H2,2H3/t12-,14+/m0/s1. The smallest absolute Gasteiger partial charge is 0.224 e. The molecule has 18 heavy (non-hydrogen) atoms. The number of hydrogen-bond donors (Lipinski definition) is 0. The van der Waals surface area contributed by atoms with Crippen molar-refractivity contribution in [2.45, 2.75) is 37.3 Å². The molecule has 2 aliphatic rings. The van der Waals surface area contributed by atoms with Crippen molar-refractivity contribution < 1.29 is 14.3 Å². The molecule has 0 unspecified atom stereocenters. The molecule has 0 aromatic rings. The third-order valence-corrected chi connectivity index (χ3v) is 3.70. The number of ether oxygens (including phenoxy) is 2. The maximum atomic E-state index is 12.3. The van der Waals surface area contributed by atoms with E-state index in [4.69, 9.17) is 9.47 Å². The van der Waals surface area contributed by atoms with Crippen molar-refractivity contribution in [2.24, 2.45) is 0 Å². The SMILES string of the molecule is C=CCCC(=O)N1[C@H]2C=C[C@]1(COCOC)CC2. The van der Waals surface area contributed by atoms with Crippen LogP contribution in [-0.4, -0.2) is 42.9 Å². The molecule has 0 aliphatic carbocycles. The fraction of sp³-hybridized carbons (Fsp3) is 0.643. The van der Waals surface area contributed by atoms with Crippen molar-refractivity contribution in [3.8, 4) is 0 Å². The van der Waals surface area contributed by atoms with Crippen LogP contribution < -0.4 is 0 Å². The van der Waals surface area contributed by atoms with E-state index in [2.05, 4.69) is 18.7 Å². The Hall–Kier alpha value is -1.13. The van der Waals surface area contributed by atoms with Crippen LogP contribution in [0.5, 0.6) is 0 Å². The van der Waals surface area contributed by atoms with Crippen molar-refractivity contribution in [3.63, 3.8) is 0 Å². The Morgan fingerprint density at radius 2 is 2.50 bits per heavy atom. The monoisotopic (exact) mass is 251 g/mol. The minimum absolute atomic E-state index is 0.198. The summed E-state index contributed by atoms with van der Waals surface area (Å²) < 4.78 is 10.4. The Kier molecular flexibility index (Phi) is 4.19. The van der Waals surface area contributed by atoms with Gasteiger partial charge in [-0.1, -0.05) is 18.2 Å². The molecule has 2 heterocycles. The Bertz CT molecular complexity index is 353. The van der Waals surface area contributed by atoms with Crippen LogP contribution in [0.3, 0.4) is 0 Å². The molecular formula is C14H21NO3. The summed E-state index contributed by atoms with van der Waals surface area (Å²) >= 11 is 0. The van der Waals surface area contributed by atoms with E-state index < -0.39 is 0 Å². The minimum atomic E-state index is -0.235. The average Bonchev–Trinajstić information content (AvgIpc) is 2.91. The van der Waals surface area contributed by atoms with Gasteiger partial charge in [-0.2, -0.15) is 0 Å². The fourth-order valence-electron chi connectivity index (χ4n) is 2.88. The number of amides is 1. The van der Waals surface area contributed by atoms with Crippen molar-refractivity contribution in [1.82, 2.24) is 4.90 Å². The van der Waals surface area contributed by atoms with Gasteiger partial charge >= 0.3 is 0 Å². The van der Waals surface area contributed by atoms with E-state index in [1.807, 2.05) is 4.90 Å². The molecule has 0 radical (unpaired) electrons. The van der Waals surface area contributed by atoms with Gasteiger partial charge in [-0.25, -0.2) is 0 Å². The van der Waals surface area contributed by atoms with Gasteiger partial charge < -0.3 is 14.4 Å². The summed E-state index contributed by atoms with van der Waals surface area (Å²) in [5.74, 6) is 0.198. The first-order valence-corrected chi connectivity index (χ1v) is 6.42. The highest BCUT2D eigenvalue weighted by atomic mass is 16.7. The second-order valence-corrected chi connectivity index (χ2v) is 4.91. The highest BCUT2D eigenvalue weighted by Gasteiger charge is 2.50. The molecule has 0 aromatic carbocycles. The van der Waals surface area contributed by atoms with Crippen LogP contribution in [-0.2, 0) is 14.3 Å². The van der Waals surface area contributed by atoms with Gasteiger partial charge in [0.15, 0.2) is 0 Å². The van der Waals surface area contributed by atoms with E-state index in [9.17, 15) is 4.79 Å². The molecule has 0 N–H and O–H groups in total. The Balaban J connectivity index is 2.00. The van der Waals surface area contributed by atoms with Gasteiger partial charge in [0.1, 0.15) is 6.79 Å². The van der Waals surface area contributed by atoms with Gasteiger partial charge in [0, 0.05) is 13.5 Å². The first kappa shape index (κ1) is 13.3. The Labute approximate surface area is 108 Å². The molecular weight excluding hydrogens is 230 g/mol. The summed E-state index contributed by atoms with van der Waals surface area (Å²) in [4.78, 5) is 14.2. The number of methoxy groups -OCH3 is 1. The van der Waals surface area contributed by atoms with E-state index in [1.165, 1.54) is 0 Å². The van der Waals surface area contributed by atoms with E-state index in [1.54, 1.807) is 13.2 Å². The molecule has 2 aliphatic heterocycles. The number of fused-ring (bicyclic) bond motifs is 2. The summed E-state index contributed by atoms with van der Waals surface area (Å²) in [6, 6.07) is 0.258. The first-order valence-electron chi connectivity index (χ1n) is 6.42. The molecule has 2 rings (SSSR count). The van der Waals surface area contributed by atoms with E-state index in [0.29, 0.717) is 13.0 Å². The third-order valence-electron chi connectivity index (χ3n) is 3.70. The van der Waals surface area contributed by atoms with Gasteiger partial charge in [-0.15, -0.1) is 6.58 Å². The molecule has 4 nitrogen and oxygen atoms in total. The van der Waals surface area contributed by atoms with Gasteiger partial charge in [-0.3, -0.25) is 4.79 Å². The van der Waals surface area contributed by atoms with Gasteiger partial charge in [0.05, 0.1) is 18.2 Å². The van der Waals surface area contributed by atoms with E-state index in [0.717, 1.165) is 19.3 Å². The second kappa shape index (κ2) is 5.67. The molecule has 0 saturated carbocycles. The van der Waals surface area contributed by atoms with Gasteiger partial charge in [0.2, 0.25) is 5.91 Å². The predicted octanol–water partition coefficient (Wildman–Crippen LogP) is 1.87. The van der Waals surface area contributed by atoms with E-state index in [-0.39, 0.29) is 24.3 Å². The second-order valence-electron chi connectivity index (χ2n) is 4.91. The average molecular weight is 251 g/mol. The van der Waals surface area contributed by atoms with Gasteiger partial charge in [-0.05, 0) is 19.3 Å². The van der Waals surface area contributed by atoms with Crippen LogP contribution in [0.1, 0.15) is 25.7 Å². The Morgan fingerprint density at radius 3 is 3.11 bits per heavy atom. The topological polar surface area (TPSA) is 38.8 Å². The highest BCUT2D eigenvalue weighted by Crippen LogP contribution is 2.42. The zero-order chi connectivity index (χ0) is 13.0. The lowest BCUT2D eigenvalue weighted by Crippen LogP contribution is -2.48. The lowest BCUT2D eigenvalue weighted by molar-refractivity contribution is -0.138. The quantitative estimate of drug-likeness (QED) is 0.394. The number of hydrogen-bond acceptors (Lipinski definition) is 3. The molecule has 1 fully saturated rings. The summed E-state index contributed by atoms with van der Waals surface area (Å²) in [6.07, 6.45) is 9.33. The first-order chi connectivity index (χ1) is 8.73. The van der Waals surface area contributed by atoms with Crippen molar-refractivity contribution in [1.29, 1.82) is 0 Å². The lowest BCUT2D eigenvalue weighted by atomic mass is 9.94. The van der Waals surface area contributed by atoms with Crippen molar-refractivity contribution in [2.75, 3.05) is 20.5 Å². The number of carbonyl (C=O) groups is 1. The molecule has 0 aromatic heterocycles. The van der Waals surface area contributed by atoms with Crippen LogP contribution >= 0.6 is 0 Å². The summed E-state index contributed by atoms with van der Waals surface area (Å²) in [6.45, 7) is 4.46. The van der Waals surface area contributed by atoms with Crippen LogP contribution in [0.15, 0.2) is 24.8 Å². The zero-order valence-electron chi connectivity index (χ0n) is 10.9.